The Morgan fingerprint density at radius 2 is 2.06 bits per heavy atom. The van der Waals surface area contributed by atoms with Gasteiger partial charge in [-0.05, 0) is 52.0 Å². The van der Waals surface area contributed by atoms with Crippen molar-refractivity contribution in [1.82, 2.24) is 9.88 Å². The van der Waals surface area contributed by atoms with Crippen LogP contribution >= 0.6 is 0 Å². The van der Waals surface area contributed by atoms with Crippen LogP contribution in [0.5, 0.6) is 0 Å². The number of aromatic nitrogens is 1. The van der Waals surface area contributed by atoms with Crippen LogP contribution in [0, 0.1) is 0 Å². The Kier molecular flexibility index (Phi) is 4.19. The van der Waals surface area contributed by atoms with Gasteiger partial charge >= 0.3 is 0 Å². The lowest BCUT2D eigenvalue weighted by atomic mass is 10.0. The molecule has 0 radical (unpaired) electrons. The average Bonchev–Trinajstić information content (AvgIpc) is 2.39. The van der Waals surface area contributed by atoms with Gasteiger partial charge in [0.15, 0.2) is 0 Å². The van der Waals surface area contributed by atoms with Gasteiger partial charge < -0.3 is 15.5 Å². The van der Waals surface area contributed by atoms with Crippen molar-refractivity contribution >= 4 is 5.69 Å². The third kappa shape index (κ3) is 3.00. The maximum absolute atomic E-state index is 5.82. The summed E-state index contributed by atoms with van der Waals surface area (Å²) in [7, 11) is 4.35. The van der Waals surface area contributed by atoms with Gasteiger partial charge in [-0.2, -0.15) is 0 Å². The number of pyridine rings is 1. The van der Waals surface area contributed by atoms with Gasteiger partial charge in [-0.25, -0.2) is 0 Å². The molecular formula is C14H24N4. The largest absolute Gasteiger partial charge is 0.370 e. The summed E-state index contributed by atoms with van der Waals surface area (Å²) in [6.07, 6.45) is 4.39. The van der Waals surface area contributed by atoms with Crippen molar-refractivity contribution in [3.05, 3.63) is 24.0 Å². The molecule has 1 aliphatic rings. The first-order valence-corrected chi connectivity index (χ1v) is 6.71. The molecule has 0 amide bonds. The fourth-order valence-electron chi connectivity index (χ4n) is 2.47. The Hall–Kier alpha value is -1.13. The molecule has 1 aromatic rings. The number of nitrogens with two attached hydrogens (primary N) is 1. The molecule has 4 heteroatoms. The second-order valence-corrected chi connectivity index (χ2v) is 5.38. The topological polar surface area (TPSA) is 45.4 Å². The lowest BCUT2D eigenvalue weighted by molar-refractivity contribution is 0.253. The molecule has 0 bridgehead atoms. The van der Waals surface area contributed by atoms with E-state index in [0.29, 0.717) is 6.04 Å². The predicted molar refractivity (Wildman–Crippen MR) is 75.8 cm³/mol. The summed E-state index contributed by atoms with van der Waals surface area (Å²) in [5.41, 5.74) is 7.96. The fourth-order valence-corrected chi connectivity index (χ4v) is 2.47. The SMILES string of the molecule is C[C@H](N)c1ccc(N(C)C2CCN(C)CC2)cn1. The molecule has 1 atom stereocenters. The van der Waals surface area contributed by atoms with Gasteiger partial charge in [0, 0.05) is 19.1 Å². The highest BCUT2D eigenvalue weighted by atomic mass is 15.2. The smallest absolute Gasteiger partial charge is 0.0569 e. The standard InChI is InChI=1S/C14H24N4/c1-11(15)14-5-4-13(10-16-14)18(3)12-6-8-17(2)9-7-12/h4-5,10-12H,6-9,15H2,1-3H3/t11-/m0/s1. The van der Waals surface area contributed by atoms with Crippen LogP contribution < -0.4 is 10.6 Å². The third-order valence-corrected chi connectivity index (χ3v) is 3.88. The predicted octanol–water partition coefficient (Wildman–Crippen LogP) is 1.63. The number of rotatable bonds is 3. The van der Waals surface area contributed by atoms with Crippen molar-refractivity contribution in [3.63, 3.8) is 0 Å². The first-order chi connectivity index (χ1) is 8.58. The quantitative estimate of drug-likeness (QED) is 0.883. The summed E-state index contributed by atoms with van der Waals surface area (Å²) in [6, 6.07) is 4.80. The van der Waals surface area contributed by atoms with E-state index < -0.39 is 0 Å². The van der Waals surface area contributed by atoms with E-state index in [1.165, 1.54) is 31.6 Å². The Balaban J connectivity index is 2.02. The van der Waals surface area contributed by atoms with Crippen molar-refractivity contribution in [2.75, 3.05) is 32.1 Å². The summed E-state index contributed by atoms with van der Waals surface area (Å²) >= 11 is 0. The number of anilines is 1. The zero-order valence-electron chi connectivity index (χ0n) is 11.6. The molecule has 2 heterocycles. The summed E-state index contributed by atoms with van der Waals surface area (Å²) in [4.78, 5) is 9.17. The molecule has 2 N–H and O–H groups in total. The highest BCUT2D eigenvalue weighted by Gasteiger charge is 2.20. The van der Waals surface area contributed by atoms with Crippen LogP contribution in [0.3, 0.4) is 0 Å². The number of nitrogens with zero attached hydrogens (tertiary/aromatic N) is 3. The molecule has 0 aliphatic carbocycles. The number of hydrogen-bond acceptors (Lipinski definition) is 4. The molecule has 1 aromatic heterocycles. The molecule has 0 unspecified atom stereocenters. The molecule has 1 saturated heterocycles. The Bertz CT molecular complexity index is 366. The zero-order valence-corrected chi connectivity index (χ0v) is 11.6. The highest BCUT2D eigenvalue weighted by Crippen LogP contribution is 2.21. The number of piperidine rings is 1. The minimum absolute atomic E-state index is 0.00712. The molecule has 18 heavy (non-hydrogen) atoms. The van der Waals surface area contributed by atoms with E-state index in [0.717, 1.165) is 5.69 Å². The van der Waals surface area contributed by atoms with Crippen molar-refractivity contribution < 1.29 is 0 Å². The van der Waals surface area contributed by atoms with Crippen LogP contribution in [0.15, 0.2) is 18.3 Å². The Morgan fingerprint density at radius 1 is 1.39 bits per heavy atom. The van der Waals surface area contributed by atoms with Gasteiger partial charge in [0.1, 0.15) is 0 Å². The second kappa shape index (κ2) is 5.67. The van der Waals surface area contributed by atoms with Crippen LogP contribution in [-0.2, 0) is 0 Å². The first kappa shape index (κ1) is 13.3. The van der Waals surface area contributed by atoms with Gasteiger partial charge in [-0.1, -0.05) is 0 Å². The molecule has 0 spiro atoms. The van der Waals surface area contributed by atoms with Crippen molar-refractivity contribution in [1.29, 1.82) is 0 Å². The zero-order chi connectivity index (χ0) is 13.1. The van der Waals surface area contributed by atoms with Gasteiger partial charge in [-0.15, -0.1) is 0 Å². The maximum atomic E-state index is 5.82. The average molecular weight is 248 g/mol. The molecule has 100 valence electrons. The van der Waals surface area contributed by atoms with E-state index in [9.17, 15) is 0 Å². The molecule has 1 aliphatic heterocycles. The molecule has 0 aromatic carbocycles. The fraction of sp³-hybridized carbons (Fsp3) is 0.643. The van der Waals surface area contributed by atoms with Gasteiger partial charge in [0.2, 0.25) is 0 Å². The molecule has 4 nitrogen and oxygen atoms in total. The van der Waals surface area contributed by atoms with E-state index in [2.05, 4.69) is 34.9 Å². The normalized spacial score (nSPS) is 19.8. The summed E-state index contributed by atoms with van der Waals surface area (Å²) in [6.45, 7) is 4.32. The third-order valence-electron chi connectivity index (χ3n) is 3.88. The highest BCUT2D eigenvalue weighted by molar-refractivity contribution is 5.45. The Morgan fingerprint density at radius 3 is 2.56 bits per heavy atom. The van der Waals surface area contributed by atoms with Crippen LogP contribution in [0.1, 0.15) is 31.5 Å². The molecule has 2 rings (SSSR count). The van der Waals surface area contributed by atoms with E-state index in [4.69, 9.17) is 5.73 Å². The lowest BCUT2D eigenvalue weighted by Crippen LogP contribution is -2.42. The maximum Gasteiger partial charge on any atom is 0.0569 e. The first-order valence-electron chi connectivity index (χ1n) is 6.71. The van der Waals surface area contributed by atoms with Crippen molar-refractivity contribution in [2.24, 2.45) is 5.73 Å². The minimum atomic E-state index is 0.00712. The van der Waals surface area contributed by atoms with Crippen LogP contribution in [-0.4, -0.2) is 43.1 Å². The van der Waals surface area contributed by atoms with Crippen LogP contribution in [0.2, 0.25) is 0 Å². The molecule has 1 fully saturated rings. The number of likely N-dealkylation sites (tertiary alicyclic amines) is 1. The van der Waals surface area contributed by atoms with Crippen LogP contribution in [0.25, 0.3) is 0 Å². The van der Waals surface area contributed by atoms with E-state index in [1.54, 1.807) is 0 Å². The summed E-state index contributed by atoms with van der Waals surface area (Å²) in [5, 5.41) is 0. The van der Waals surface area contributed by atoms with Gasteiger partial charge in [0.25, 0.3) is 0 Å². The second-order valence-electron chi connectivity index (χ2n) is 5.38. The molecular weight excluding hydrogens is 224 g/mol. The van der Waals surface area contributed by atoms with E-state index in [1.807, 2.05) is 19.2 Å². The lowest BCUT2D eigenvalue weighted by Gasteiger charge is -2.36. The monoisotopic (exact) mass is 248 g/mol. The van der Waals surface area contributed by atoms with Crippen molar-refractivity contribution in [2.45, 2.75) is 31.8 Å². The number of hydrogen-bond donors (Lipinski definition) is 1. The van der Waals surface area contributed by atoms with Gasteiger partial charge in [0.05, 0.1) is 17.6 Å². The Labute approximate surface area is 110 Å². The summed E-state index contributed by atoms with van der Waals surface area (Å²) in [5.74, 6) is 0. The van der Waals surface area contributed by atoms with E-state index in [-0.39, 0.29) is 6.04 Å². The van der Waals surface area contributed by atoms with Crippen molar-refractivity contribution in [3.8, 4) is 0 Å². The minimum Gasteiger partial charge on any atom is -0.370 e. The summed E-state index contributed by atoms with van der Waals surface area (Å²) < 4.78 is 0. The van der Waals surface area contributed by atoms with Gasteiger partial charge in [-0.3, -0.25) is 4.98 Å². The molecule has 0 saturated carbocycles. The van der Waals surface area contributed by atoms with Crippen LogP contribution in [0.4, 0.5) is 5.69 Å². The van der Waals surface area contributed by atoms with E-state index >= 15 is 0 Å².